The van der Waals surface area contributed by atoms with Gasteiger partial charge in [0.05, 0.1) is 29.5 Å². The second-order valence-corrected chi connectivity index (χ2v) is 7.25. The Bertz CT molecular complexity index is 671. The van der Waals surface area contributed by atoms with Gasteiger partial charge >= 0.3 is 0 Å². The van der Waals surface area contributed by atoms with E-state index >= 15 is 0 Å². The minimum atomic E-state index is -0.365. The van der Waals surface area contributed by atoms with Crippen LogP contribution in [0.4, 0.5) is 0 Å². The maximum atomic E-state index is 10.4. The van der Waals surface area contributed by atoms with Crippen molar-refractivity contribution in [3.63, 3.8) is 0 Å². The molecular weight excluding hydrogens is 308 g/mol. The number of fused-ring (bicyclic) bond motifs is 1. The van der Waals surface area contributed by atoms with Crippen molar-refractivity contribution in [2.45, 2.75) is 44.9 Å². The van der Waals surface area contributed by atoms with Gasteiger partial charge in [0.15, 0.2) is 0 Å². The van der Waals surface area contributed by atoms with Crippen molar-refractivity contribution in [2.24, 2.45) is 0 Å². The maximum Gasteiger partial charge on any atom is 0.0954 e. The average Bonchev–Trinajstić information content (AvgIpc) is 3.06. The van der Waals surface area contributed by atoms with Crippen LogP contribution in [0.5, 0.6) is 0 Å². The zero-order valence-corrected chi connectivity index (χ0v) is 14.7. The first-order chi connectivity index (χ1) is 11.1. The predicted molar refractivity (Wildman–Crippen MR) is 92.9 cm³/mol. The molecule has 0 amide bonds. The van der Waals surface area contributed by atoms with Crippen molar-refractivity contribution >= 4 is 11.3 Å². The Balaban J connectivity index is 1.74. The molecule has 0 radical (unpaired) electrons. The Morgan fingerprint density at radius 1 is 1.43 bits per heavy atom. The summed E-state index contributed by atoms with van der Waals surface area (Å²) in [7, 11) is 1.71. The monoisotopic (exact) mass is 332 g/mol. The highest BCUT2D eigenvalue weighted by Crippen LogP contribution is 2.34. The molecule has 0 saturated heterocycles. The number of hydrogen-bond acceptors (Lipinski definition) is 5. The Hall–Kier alpha value is -1.27. The summed E-state index contributed by atoms with van der Waals surface area (Å²) in [5, 5.41) is 15.1. The Morgan fingerprint density at radius 2 is 2.22 bits per heavy atom. The lowest BCUT2D eigenvalue weighted by atomic mass is 10.1. The average molecular weight is 332 g/mol. The van der Waals surface area contributed by atoms with Gasteiger partial charge < -0.3 is 15.2 Å². The van der Waals surface area contributed by atoms with Crippen LogP contribution in [0.3, 0.4) is 0 Å². The Morgan fingerprint density at radius 3 is 3.00 bits per heavy atom. The number of benzene rings is 1. The van der Waals surface area contributed by atoms with Crippen molar-refractivity contribution < 1.29 is 9.84 Å². The number of nitrogens with zero attached hydrogens (tertiary/aromatic N) is 1. The summed E-state index contributed by atoms with van der Waals surface area (Å²) in [5.41, 5.74) is 3.53. The maximum absolute atomic E-state index is 10.4. The van der Waals surface area contributed by atoms with Gasteiger partial charge in [-0.15, -0.1) is 11.3 Å². The first-order valence-electron chi connectivity index (χ1n) is 8.07. The first-order valence-corrected chi connectivity index (χ1v) is 8.89. The van der Waals surface area contributed by atoms with Crippen LogP contribution >= 0.6 is 11.3 Å². The van der Waals surface area contributed by atoms with Crippen molar-refractivity contribution in [1.82, 2.24) is 10.3 Å². The van der Waals surface area contributed by atoms with E-state index in [1.54, 1.807) is 18.4 Å². The quantitative estimate of drug-likeness (QED) is 0.854. The third-order valence-corrected chi connectivity index (χ3v) is 5.82. The van der Waals surface area contributed by atoms with Gasteiger partial charge in [0.1, 0.15) is 0 Å². The highest BCUT2D eigenvalue weighted by atomic mass is 32.1. The third kappa shape index (κ3) is 3.48. The van der Waals surface area contributed by atoms with Gasteiger partial charge in [0.2, 0.25) is 0 Å². The topological polar surface area (TPSA) is 54.4 Å². The largest absolute Gasteiger partial charge is 0.391 e. The van der Waals surface area contributed by atoms with Crippen molar-refractivity contribution in [3.05, 3.63) is 51.0 Å². The summed E-state index contributed by atoms with van der Waals surface area (Å²) in [5.74, 6) is 0. The fourth-order valence-corrected chi connectivity index (χ4v) is 4.34. The lowest BCUT2D eigenvalue weighted by Crippen LogP contribution is -2.30. The highest BCUT2D eigenvalue weighted by Gasteiger charge is 2.32. The molecule has 1 aliphatic rings. The van der Waals surface area contributed by atoms with Crippen LogP contribution in [0.1, 0.15) is 45.7 Å². The molecule has 1 aliphatic carbocycles. The van der Waals surface area contributed by atoms with E-state index in [9.17, 15) is 5.11 Å². The summed E-state index contributed by atoms with van der Waals surface area (Å²) < 4.78 is 5.13. The summed E-state index contributed by atoms with van der Waals surface area (Å²) in [6, 6.07) is 8.44. The Labute approximate surface area is 141 Å². The molecule has 0 fully saturated rings. The van der Waals surface area contributed by atoms with Crippen LogP contribution in [0.2, 0.25) is 0 Å². The van der Waals surface area contributed by atoms with Crippen molar-refractivity contribution in [2.75, 3.05) is 13.7 Å². The van der Waals surface area contributed by atoms with Crippen LogP contribution < -0.4 is 5.32 Å². The minimum absolute atomic E-state index is 0.00914. The van der Waals surface area contributed by atoms with Gasteiger partial charge in [0.25, 0.3) is 0 Å². The number of ether oxygens (including phenoxy) is 1. The lowest BCUT2D eigenvalue weighted by Gasteiger charge is -2.22. The highest BCUT2D eigenvalue weighted by molar-refractivity contribution is 7.11. The summed E-state index contributed by atoms with van der Waals surface area (Å²) >= 11 is 1.74. The van der Waals surface area contributed by atoms with E-state index in [-0.39, 0.29) is 18.2 Å². The predicted octanol–water partition coefficient (Wildman–Crippen LogP) is 2.95. The lowest BCUT2D eigenvalue weighted by molar-refractivity contribution is 0.136. The molecule has 124 valence electrons. The molecule has 1 heterocycles. The first kappa shape index (κ1) is 16.6. The fourth-order valence-electron chi connectivity index (χ4n) is 3.28. The molecule has 3 unspecified atom stereocenters. The minimum Gasteiger partial charge on any atom is -0.391 e. The van der Waals surface area contributed by atoms with E-state index in [1.807, 2.05) is 12.1 Å². The van der Waals surface area contributed by atoms with E-state index < -0.39 is 0 Å². The van der Waals surface area contributed by atoms with E-state index in [0.29, 0.717) is 6.61 Å². The molecular formula is C18H24N2O2S. The number of methoxy groups -OCH3 is 1. The number of thiazole rings is 1. The molecule has 0 saturated carbocycles. The standard InChI is InChI=1S/C18H24N2O2S/c1-11-18(23-16(19-11)8-9-22-3)12(2)20-17-14-7-5-4-6-13(14)10-15(17)21/h4-7,12,15,17,20-21H,8-10H2,1-3H3. The van der Waals surface area contributed by atoms with Gasteiger partial charge in [-0.05, 0) is 25.0 Å². The van der Waals surface area contributed by atoms with Gasteiger partial charge in [0, 0.05) is 30.9 Å². The van der Waals surface area contributed by atoms with E-state index in [4.69, 9.17) is 4.74 Å². The molecule has 0 aliphatic heterocycles. The number of aryl methyl sites for hydroxylation is 1. The summed E-state index contributed by atoms with van der Waals surface area (Å²) in [6.07, 6.45) is 1.21. The van der Waals surface area contributed by atoms with Gasteiger partial charge in [-0.2, -0.15) is 0 Å². The summed E-state index contributed by atoms with van der Waals surface area (Å²) in [6.45, 7) is 4.90. The SMILES string of the molecule is COCCc1nc(C)c(C(C)NC2c3ccccc3CC2O)s1. The molecule has 3 rings (SSSR count). The van der Waals surface area contributed by atoms with Gasteiger partial charge in [-0.3, -0.25) is 0 Å². The van der Waals surface area contributed by atoms with Crippen LogP contribution in [-0.2, 0) is 17.6 Å². The molecule has 3 atom stereocenters. The number of aliphatic hydroxyl groups is 1. The smallest absolute Gasteiger partial charge is 0.0954 e. The second-order valence-electron chi connectivity index (χ2n) is 6.14. The molecule has 0 bridgehead atoms. The Kier molecular flexibility index (Phi) is 5.11. The van der Waals surface area contributed by atoms with Crippen molar-refractivity contribution in [3.8, 4) is 0 Å². The van der Waals surface area contributed by atoms with E-state index in [0.717, 1.165) is 23.5 Å². The van der Waals surface area contributed by atoms with Crippen molar-refractivity contribution in [1.29, 1.82) is 0 Å². The third-order valence-electron chi connectivity index (χ3n) is 4.42. The number of hydrogen-bond donors (Lipinski definition) is 2. The number of aliphatic hydroxyl groups excluding tert-OH is 1. The molecule has 0 spiro atoms. The number of aromatic nitrogens is 1. The second kappa shape index (κ2) is 7.09. The zero-order valence-electron chi connectivity index (χ0n) is 13.9. The van der Waals surface area contributed by atoms with Crippen LogP contribution in [0.15, 0.2) is 24.3 Å². The van der Waals surface area contributed by atoms with E-state index in [1.165, 1.54) is 16.0 Å². The van der Waals surface area contributed by atoms with Gasteiger partial charge in [-0.25, -0.2) is 4.98 Å². The summed E-state index contributed by atoms with van der Waals surface area (Å²) in [4.78, 5) is 5.89. The van der Waals surface area contributed by atoms with Crippen LogP contribution in [0, 0.1) is 6.92 Å². The van der Waals surface area contributed by atoms with Crippen LogP contribution in [0.25, 0.3) is 0 Å². The molecule has 1 aromatic heterocycles. The molecule has 1 aromatic carbocycles. The molecule has 2 aromatic rings. The normalized spacial score (nSPS) is 21.4. The number of nitrogens with one attached hydrogen (secondary N) is 1. The number of rotatable bonds is 6. The van der Waals surface area contributed by atoms with E-state index in [2.05, 4.69) is 36.3 Å². The van der Waals surface area contributed by atoms with Crippen LogP contribution in [-0.4, -0.2) is 29.9 Å². The molecule has 2 N–H and O–H groups in total. The molecule has 5 heteroatoms. The zero-order chi connectivity index (χ0) is 16.4. The molecule has 4 nitrogen and oxygen atoms in total. The van der Waals surface area contributed by atoms with Gasteiger partial charge in [-0.1, -0.05) is 24.3 Å². The molecule has 23 heavy (non-hydrogen) atoms. The fraction of sp³-hybridized carbons (Fsp3) is 0.500.